The highest BCUT2D eigenvalue weighted by Gasteiger charge is 2.24. The molecule has 6 nitrogen and oxygen atoms in total. The Labute approximate surface area is 111 Å². The first kappa shape index (κ1) is 15.2. The predicted octanol–water partition coefficient (Wildman–Crippen LogP) is 0.685. The number of amides is 1. The molecule has 1 rings (SSSR count). The molecule has 1 amide bonds. The molecule has 19 heavy (non-hydrogen) atoms. The third-order valence-electron chi connectivity index (χ3n) is 2.35. The van der Waals surface area contributed by atoms with Gasteiger partial charge in [-0.2, -0.15) is 0 Å². The summed E-state index contributed by atoms with van der Waals surface area (Å²) in [6, 6.07) is 5.23. The zero-order valence-corrected chi connectivity index (χ0v) is 11.2. The summed E-state index contributed by atoms with van der Waals surface area (Å²) in [7, 11) is -3.96. The fraction of sp³-hybridized carbons (Fsp3) is 0.333. The van der Waals surface area contributed by atoms with Crippen molar-refractivity contribution in [2.45, 2.75) is 18.2 Å². The van der Waals surface area contributed by atoms with Crippen molar-refractivity contribution in [1.82, 2.24) is 5.32 Å². The molecular weight excluding hydrogens is 270 g/mol. The van der Waals surface area contributed by atoms with Gasteiger partial charge in [0.15, 0.2) is 9.84 Å². The fourth-order valence-corrected chi connectivity index (χ4v) is 2.86. The third-order valence-corrected chi connectivity index (χ3v) is 4.01. The van der Waals surface area contributed by atoms with Gasteiger partial charge in [-0.25, -0.2) is 13.2 Å². The van der Waals surface area contributed by atoms with Gasteiger partial charge < -0.3 is 10.4 Å². The molecule has 0 atom stereocenters. The van der Waals surface area contributed by atoms with Crippen LogP contribution in [0.4, 0.5) is 0 Å². The van der Waals surface area contributed by atoms with Crippen LogP contribution < -0.4 is 5.32 Å². The summed E-state index contributed by atoms with van der Waals surface area (Å²) in [6.07, 6.45) is 0.692. The SMILES string of the molecule is CCCNC(=O)CS(=O)(=O)c1ccccc1C(=O)O. The maximum Gasteiger partial charge on any atom is 0.337 e. The molecule has 0 bridgehead atoms. The normalized spacial score (nSPS) is 11.0. The second kappa shape index (κ2) is 6.33. The summed E-state index contributed by atoms with van der Waals surface area (Å²) in [5.41, 5.74) is -0.328. The largest absolute Gasteiger partial charge is 0.478 e. The van der Waals surface area contributed by atoms with E-state index in [0.717, 1.165) is 0 Å². The molecular formula is C12H15NO5S. The van der Waals surface area contributed by atoms with Crippen molar-refractivity contribution < 1.29 is 23.1 Å². The van der Waals surface area contributed by atoms with Crippen LogP contribution in [0.1, 0.15) is 23.7 Å². The highest BCUT2D eigenvalue weighted by molar-refractivity contribution is 7.92. The maximum atomic E-state index is 12.0. The molecule has 0 spiro atoms. The molecule has 0 radical (unpaired) electrons. The van der Waals surface area contributed by atoms with Gasteiger partial charge >= 0.3 is 5.97 Å². The van der Waals surface area contributed by atoms with E-state index in [1.165, 1.54) is 24.3 Å². The molecule has 0 aliphatic carbocycles. The molecule has 0 heterocycles. The Morgan fingerprint density at radius 1 is 1.26 bits per heavy atom. The van der Waals surface area contributed by atoms with Crippen molar-refractivity contribution in [3.8, 4) is 0 Å². The molecule has 0 aliphatic heterocycles. The lowest BCUT2D eigenvalue weighted by molar-refractivity contribution is -0.118. The number of hydrogen-bond donors (Lipinski definition) is 2. The number of aromatic carboxylic acids is 1. The van der Waals surface area contributed by atoms with E-state index in [1.54, 1.807) is 0 Å². The van der Waals surface area contributed by atoms with Crippen LogP contribution >= 0.6 is 0 Å². The molecule has 1 aromatic rings. The first-order valence-corrected chi connectivity index (χ1v) is 7.35. The average Bonchev–Trinajstić information content (AvgIpc) is 2.35. The number of rotatable bonds is 6. The van der Waals surface area contributed by atoms with Crippen LogP contribution in [0, 0.1) is 0 Å². The van der Waals surface area contributed by atoms with Gasteiger partial charge in [-0.3, -0.25) is 4.79 Å². The highest BCUT2D eigenvalue weighted by atomic mass is 32.2. The number of carbonyl (C=O) groups excluding carboxylic acids is 1. The summed E-state index contributed by atoms with van der Waals surface area (Å²) in [6.45, 7) is 2.23. The molecule has 0 fully saturated rings. The van der Waals surface area contributed by atoms with Crippen molar-refractivity contribution in [3.63, 3.8) is 0 Å². The molecule has 0 unspecified atom stereocenters. The second-order valence-electron chi connectivity index (χ2n) is 3.91. The predicted molar refractivity (Wildman–Crippen MR) is 68.8 cm³/mol. The van der Waals surface area contributed by atoms with Gasteiger partial charge in [-0.1, -0.05) is 19.1 Å². The fourth-order valence-electron chi connectivity index (χ4n) is 1.48. The quantitative estimate of drug-likeness (QED) is 0.800. The van der Waals surface area contributed by atoms with E-state index >= 15 is 0 Å². The van der Waals surface area contributed by atoms with E-state index < -0.39 is 27.5 Å². The summed E-state index contributed by atoms with van der Waals surface area (Å²) in [5, 5.41) is 11.4. The Balaban J connectivity index is 3.01. The zero-order valence-electron chi connectivity index (χ0n) is 10.4. The number of benzene rings is 1. The zero-order chi connectivity index (χ0) is 14.5. The van der Waals surface area contributed by atoms with Gasteiger partial charge in [0.2, 0.25) is 5.91 Å². The molecule has 0 saturated carbocycles. The molecule has 1 aromatic carbocycles. The minimum atomic E-state index is -3.96. The minimum absolute atomic E-state index is 0.328. The monoisotopic (exact) mass is 285 g/mol. The van der Waals surface area contributed by atoms with Crippen LogP contribution in [0.15, 0.2) is 29.2 Å². The lowest BCUT2D eigenvalue weighted by atomic mass is 10.2. The van der Waals surface area contributed by atoms with Gasteiger partial charge in [0.1, 0.15) is 5.75 Å². The van der Waals surface area contributed by atoms with E-state index in [4.69, 9.17) is 5.11 Å². The minimum Gasteiger partial charge on any atom is -0.478 e. The first-order chi connectivity index (χ1) is 8.88. The van der Waals surface area contributed by atoms with Crippen LogP contribution in [-0.4, -0.2) is 37.7 Å². The standard InChI is InChI=1S/C12H15NO5S/c1-2-7-13-11(14)8-19(17,18)10-6-4-3-5-9(10)12(15)16/h3-6H,2,7-8H2,1H3,(H,13,14)(H,15,16). The number of carbonyl (C=O) groups is 2. The Morgan fingerprint density at radius 3 is 2.47 bits per heavy atom. The van der Waals surface area contributed by atoms with E-state index in [2.05, 4.69) is 5.32 Å². The van der Waals surface area contributed by atoms with Crippen molar-refractivity contribution in [2.24, 2.45) is 0 Å². The smallest absolute Gasteiger partial charge is 0.337 e. The molecule has 2 N–H and O–H groups in total. The van der Waals surface area contributed by atoms with Gasteiger partial charge in [0.25, 0.3) is 0 Å². The van der Waals surface area contributed by atoms with Gasteiger partial charge in [-0.05, 0) is 18.6 Å². The molecule has 104 valence electrons. The Bertz CT molecular complexity index is 580. The average molecular weight is 285 g/mol. The van der Waals surface area contributed by atoms with Crippen LogP contribution in [0.2, 0.25) is 0 Å². The highest BCUT2D eigenvalue weighted by Crippen LogP contribution is 2.16. The van der Waals surface area contributed by atoms with Crippen LogP contribution in [0.25, 0.3) is 0 Å². The van der Waals surface area contributed by atoms with Crippen molar-refractivity contribution in [3.05, 3.63) is 29.8 Å². The molecule has 0 aromatic heterocycles. The summed E-state index contributed by atoms with van der Waals surface area (Å²) >= 11 is 0. The van der Waals surface area contributed by atoms with Crippen molar-refractivity contribution >= 4 is 21.7 Å². The van der Waals surface area contributed by atoms with E-state index in [9.17, 15) is 18.0 Å². The second-order valence-corrected chi connectivity index (χ2v) is 5.87. The maximum absolute atomic E-state index is 12.0. The lowest BCUT2D eigenvalue weighted by Crippen LogP contribution is -2.31. The number of hydrogen-bond acceptors (Lipinski definition) is 4. The van der Waals surface area contributed by atoms with Gasteiger partial charge in [0.05, 0.1) is 10.5 Å². The Morgan fingerprint density at radius 2 is 1.89 bits per heavy atom. The van der Waals surface area contributed by atoms with Gasteiger partial charge in [0, 0.05) is 6.54 Å². The van der Waals surface area contributed by atoms with E-state index in [0.29, 0.717) is 13.0 Å². The van der Waals surface area contributed by atoms with Crippen molar-refractivity contribution in [2.75, 3.05) is 12.3 Å². The van der Waals surface area contributed by atoms with Crippen LogP contribution in [0.3, 0.4) is 0 Å². The third kappa shape index (κ3) is 4.06. The van der Waals surface area contributed by atoms with Crippen LogP contribution in [-0.2, 0) is 14.6 Å². The van der Waals surface area contributed by atoms with Crippen LogP contribution in [0.5, 0.6) is 0 Å². The number of nitrogens with one attached hydrogen (secondary N) is 1. The Kier molecular flexibility index (Phi) is 5.05. The van der Waals surface area contributed by atoms with Gasteiger partial charge in [-0.15, -0.1) is 0 Å². The number of carboxylic acids is 1. The molecule has 0 saturated heterocycles. The van der Waals surface area contributed by atoms with E-state index in [-0.39, 0.29) is 10.5 Å². The molecule has 7 heteroatoms. The van der Waals surface area contributed by atoms with Crippen molar-refractivity contribution in [1.29, 1.82) is 0 Å². The number of sulfone groups is 1. The topological polar surface area (TPSA) is 101 Å². The summed E-state index contributed by atoms with van der Waals surface area (Å²) < 4.78 is 24.0. The van der Waals surface area contributed by atoms with E-state index in [1.807, 2.05) is 6.92 Å². The number of carboxylic acid groups (broad SMARTS) is 1. The molecule has 0 aliphatic rings. The summed E-state index contributed by atoms with van der Waals surface area (Å²) in [4.78, 5) is 22.1. The summed E-state index contributed by atoms with van der Waals surface area (Å²) in [5.74, 6) is -2.73. The first-order valence-electron chi connectivity index (χ1n) is 5.70. The lowest BCUT2D eigenvalue weighted by Gasteiger charge is -2.07. The Hall–Kier alpha value is -1.89.